The molecule has 182 valence electrons. The summed E-state index contributed by atoms with van der Waals surface area (Å²) in [6.07, 6.45) is 3.62. The number of anilines is 1. The van der Waals surface area contributed by atoms with Crippen LogP contribution in [0.3, 0.4) is 0 Å². The first-order valence-electron chi connectivity index (χ1n) is 12.0. The smallest absolute Gasteiger partial charge is 0.310 e. The molecule has 4 N–H and O–H groups in total. The Morgan fingerprint density at radius 3 is 2.53 bits per heavy atom. The monoisotopic (exact) mass is 465 g/mol. The molecule has 3 rings (SSSR count). The molecule has 34 heavy (non-hydrogen) atoms. The standard InChI is InChI=1S/C27H35N3O4/c1-3-12-30(13-5-14-31)27(33)23-16-22-11-10-21(17-24(22)29-25(28)18-23)20-8-6-19(7-9-20)15-26(32)34-4-2/h6-11,16-17,25,29,31H,3-5,12-15,18,28H2,1-2H3. The fourth-order valence-electron chi connectivity index (χ4n) is 4.11. The van der Waals surface area contributed by atoms with Gasteiger partial charge in [0, 0.05) is 37.4 Å². The predicted octanol–water partition coefficient (Wildman–Crippen LogP) is 3.56. The molecule has 2 aromatic rings. The third-order valence-electron chi connectivity index (χ3n) is 5.75. The highest BCUT2D eigenvalue weighted by atomic mass is 16.5. The van der Waals surface area contributed by atoms with Gasteiger partial charge >= 0.3 is 5.97 Å². The number of fused-ring (bicyclic) bond motifs is 1. The molecule has 0 bridgehead atoms. The average Bonchev–Trinajstić information content (AvgIpc) is 2.99. The van der Waals surface area contributed by atoms with Crippen LogP contribution < -0.4 is 11.1 Å². The number of carbonyl (C=O) groups is 2. The normalized spacial score (nSPS) is 14.9. The third-order valence-corrected chi connectivity index (χ3v) is 5.75. The summed E-state index contributed by atoms with van der Waals surface area (Å²) in [5.74, 6) is -0.258. The molecule has 7 heteroatoms. The van der Waals surface area contributed by atoms with Crippen LogP contribution in [0.5, 0.6) is 0 Å². The van der Waals surface area contributed by atoms with E-state index in [9.17, 15) is 14.7 Å². The summed E-state index contributed by atoms with van der Waals surface area (Å²) in [5, 5.41) is 12.5. The Balaban J connectivity index is 1.82. The number of hydrogen-bond acceptors (Lipinski definition) is 6. The van der Waals surface area contributed by atoms with Crippen LogP contribution in [-0.2, 0) is 20.7 Å². The minimum absolute atomic E-state index is 0.0262. The molecule has 0 saturated heterocycles. The minimum Gasteiger partial charge on any atom is -0.466 e. The molecule has 0 aromatic heterocycles. The lowest BCUT2D eigenvalue weighted by Crippen LogP contribution is -2.37. The maximum Gasteiger partial charge on any atom is 0.310 e. The highest BCUT2D eigenvalue weighted by Gasteiger charge is 2.23. The molecule has 1 heterocycles. The fraction of sp³-hybridized carbons (Fsp3) is 0.407. The Kier molecular flexibility index (Phi) is 9.24. The topological polar surface area (TPSA) is 105 Å². The van der Waals surface area contributed by atoms with Crippen LogP contribution in [0.2, 0.25) is 0 Å². The molecule has 1 aliphatic heterocycles. The summed E-state index contributed by atoms with van der Waals surface area (Å²) in [7, 11) is 0. The Morgan fingerprint density at radius 2 is 1.85 bits per heavy atom. The minimum atomic E-state index is -0.389. The maximum atomic E-state index is 13.2. The molecule has 0 aliphatic carbocycles. The van der Waals surface area contributed by atoms with E-state index < -0.39 is 0 Å². The van der Waals surface area contributed by atoms with Crippen molar-refractivity contribution in [2.45, 2.75) is 45.7 Å². The van der Waals surface area contributed by atoms with Crippen LogP contribution in [0, 0.1) is 0 Å². The molecular weight excluding hydrogens is 430 g/mol. The first-order valence-corrected chi connectivity index (χ1v) is 12.0. The highest BCUT2D eigenvalue weighted by molar-refractivity contribution is 5.99. The van der Waals surface area contributed by atoms with Gasteiger partial charge in [-0.15, -0.1) is 0 Å². The van der Waals surface area contributed by atoms with E-state index in [4.69, 9.17) is 10.5 Å². The molecule has 1 amide bonds. The molecule has 1 atom stereocenters. The first kappa shape index (κ1) is 25.5. The molecule has 1 aliphatic rings. The molecule has 0 radical (unpaired) electrons. The van der Waals surface area contributed by atoms with Crippen molar-refractivity contribution in [2.24, 2.45) is 5.73 Å². The van der Waals surface area contributed by atoms with Crippen molar-refractivity contribution in [3.63, 3.8) is 0 Å². The number of nitrogens with zero attached hydrogens (tertiary/aromatic N) is 1. The summed E-state index contributed by atoms with van der Waals surface area (Å²) < 4.78 is 5.02. The van der Waals surface area contributed by atoms with Crippen LogP contribution in [0.15, 0.2) is 48.0 Å². The van der Waals surface area contributed by atoms with Crippen molar-refractivity contribution < 1.29 is 19.4 Å². The van der Waals surface area contributed by atoms with Gasteiger partial charge in [0.1, 0.15) is 0 Å². The number of nitrogens with two attached hydrogens (primary N) is 1. The van der Waals surface area contributed by atoms with Crippen LogP contribution in [0.25, 0.3) is 17.2 Å². The van der Waals surface area contributed by atoms with Gasteiger partial charge in [-0.3, -0.25) is 9.59 Å². The van der Waals surface area contributed by atoms with Crippen molar-refractivity contribution in [1.29, 1.82) is 0 Å². The second-order valence-corrected chi connectivity index (χ2v) is 8.47. The van der Waals surface area contributed by atoms with Crippen LogP contribution in [0.4, 0.5) is 5.69 Å². The molecular formula is C27H35N3O4. The van der Waals surface area contributed by atoms with Gasteiger partial charge in [0.15, 0.2) is 0 Å². The van der Waals surface area contributed by atoms with E-state index >= 15 is 0 Å². The Bertz CT molecular complexity index is 1020. The van der Waals surface area contributed by atoms with Gasteiger partial charge in [-0.05, 0) is 54.2 Å². The molecule has 2 aromatic carbocycles. The van der Waals surface area contributed by atoms with Crippen molar-refractivity contribution in [1.82, 2.24) is 4.90 Å². The number of rotatable bonds is 10. The van der Waals surface area contributed by atoms with E-state index in [0.29, 0.717) is 38.1 Å². The Hall–Kier alpha value is -3.16. The number of aliphatic hydroxyl groups is 1. The van der Waals surface area contributed by atoms with Gasteiger partial charge in [0.25, 0.3) is 0 Å². The van der Waals surface area contributed by atoms with Gasteiger partial charge in [0.2, 0.25) is 5.91 Å². The molecule has 1 unspecified atom stereocenters. The zero-order valence-corrected chi connectivity index (χ0v) is 20.0. The largest absolute Gasteiger partial charge is 0.466 e. The number of benzene rings is 2. The number of amides is 1. The lowest BCUT2D eigenvalue weighted by molar-refractivity contribution is -0.142. The number of nitrogens with one attached hydrogen (secondary N) is 1. The first-order chi connectivity index (χ1) is 16.4. The van der Waals surface area contributed by atoms with Crippen molar-refractivity contribution in [3.05, 3.63) is 59.2 Å². The summed E-state index contributed by atoms with van der Waals surface area (Å²) in [6, 6.07) is 13.9. The number of carbonyl (C=O) groups excluding carboxylic acids is 2. The second-order valence-electron chi connectivity index (χ2n) is 8.47. The fourth-order valence-corrected chi connectivity index (χ4v) is 4.11. The van der Waals surface area contributed by atoms with Crippen LogP contribution in [-0.4, -0.2) is 54.4 Å². The molecule has 0 spiro atoms. The third kappa shape index (κ3) is 6.68. The summed E-state index contributed by atoms with van der Waals surface area (Å²) >= 11 is 0. The van der Waals surface area contributed by atoms with Gasteiger partial charge in [-0.2, -0.15) is 0 Å². The van der Waals surface area contributed by atoms with Gasteiger partial charge in [0.05, 0.1) is 19.2 Å². The van der Waals surface area contributed by atoms with Gasteiger partial charge in [-0.25, -0.2) is 0 Å². The molecule has 7 nitrogen and oxygen atoms in total. The van der Waals surface area contributed by atoms with E-state index in [1.165, 1.54) is 0 Å². The van der Waals surface area contributed by atoms with E-state index in [0.717, 1.165) is 34.4 Å². The van der Waals surface area contributed by atoms with E-state index in [1.807, 2.05) is 55.5 Å². The van der Waals surface area contributed by atoms with Crippen LogP contribution in [0.1, 0.15) is 44.2 Å². The summed E-state index contributed by atoms with van der Waals surface area (Å²) in [5.41, 5.74) is 11.7. The van der Waals surface area contributed by atoms with Crippen molar-refractivity contribution in [3.8, 4) is 11.1 Å². The number of aliphatic hydroxyl groups excluding tert-OH is 1. The van der Waals surface area contributed by atoms with E-state index in [2.05, 4.69) is 5.32 Å². The second kappa shape index (κ2) is 12.3. The lowest BCUT2D eigenvalue weighted by Gasteiger charge is -2.24. The van der Waals surface area contributed by atoms with Gasteiger partial charge in [-0.1, -0.05) is 43.3 Å². The van der Waals surface area contributed by atoms with Gasteiger partial charge < -0.3 is 25.8 Å². The quantitative estimate of drug-likeness (QED) is 0.464. The number of ether oxygens (including phenoxy) is 1. The van der Waals surface area contributed by atoms with Crippen molar-refractivity contribution >= 4 is 23.6 Å². The van der Waals surface area contributed by atoms with E-state index in [1.54, 1.807) is 11.8 Å². The Morgan fingerprint density at radius 1 is 1.12 bits per heavy atom. The average molecular weight is 466 g/mol. The predicted molar refractivity (Wildman–Crippen MR) is 135 cm³/mol. The zero-order valence-electron chi connectivity index (χ0n) is 20.0. The van der Waals surface area contributed by atoms with E-state index in [-0.39, 0.29) is 31.1 Å². The molecule has 0 fully saturated rings. The lowest BCUT2D eigenvalue weighted by atomic mass is 9.99. The van der Waals surface area contributed by atoms with Crippen molar-refractivity contribution in [2.75, 3.05) is 31.6 Å². The number of hydrogen-bond donors (Lipinski definition) is 3. The maximum absolute atomic E-state index is 13.2. The highest BCUT2D eigenvalue weighted by Crippen LogP contribution is 2.31. The SMILES string of the molecule is CCCN(CCCO)C(=O)C1=Cc2ccc(-c3ccc(CC(=O)OCC)cc3)cc2NC(N)C1. The molecule has 0 saturated carbocycles. The van der Waals surface area contributed by atoms with Crippen LogP contribution >= 0.6 is 0 Å². The zero-order chi connectivity index (χ0) is 24.5. The Labute approximate surface area is 201 Å². The summed E-state index contributed by atoms with van der Waals surface area (Å²) in [6.45, 7) is 5.45. The summed E-state index contributed by atoms with van der Waals surface area (Å²) in [4.78, 5) is 26.7. The number of esters is 1.